The minimum absolute atomic E-state index is 0.0556. The molecule has 0 radical (unpaired) electrons. The fourth-order valence-corrected chi connectivity index (χ4v) is 5.03. The van der Waals surface area contributed by atoms with E-state index in [-0.39, 0.29) is 14.7 Å². The summed E-state index contributed by atoms with van der Waals surface area (Å²) >= 11 is -2.67. The lowest BCUT2D eigenvalue weighted by Crippen LogP contribution is -2.09. The van der Waals surface area contributed by atoms with Crippen LogP contribution in [0.3, 0.4) is 0 Å². The summed E-state index contributed by atoms with van der Waals surface area (Å²) in [6.07, 6.45) is 0. The molecule has 0 bridgehead atoms. The predicted octanol–water partition coefficient (Wildman–Crippen LogP) is 3.42. The van der Waals surface area contributed by atoms with Crippen LogP contribution in [0.5, 0.6) is 0 Å². The molecule has 0 N–H and O–H groups in total. The SMILES string of the molecule is O=S([O-])c1cccc(-c2ccccc2)c1S(=O)(=O)c1ccccc1. The number of rotatable bonds is 4. The Morgan fingerprint density at radius 1 is 0.750 bits per heavy atom. The third-order valence-corrected chi connectivity index (χ3v) is 6.26. The highest BCUT2D eigenvalue weighted by molar-refractivity contribution is 7.92. The molecule has 4 nitrogen and oxygen atoms in total. The first kappa shape index (κ1) is 16.6. The highest BCUT2D eigenvalue weighted by Gasteiger charge is 2.25. The molecule has 0 amide bonds. The third kappa shape index (κ3) is 3.03. The highest BCUT2D eigenvalue weighted by Crippen LogP contribution is 2.35. The smallest absolute Gasteiger partial charge is 0.208 e. The van der Waals surface area contributed by atoms with Crippen molar-refractivity contribution in [1.29, 1.82) is 0 Å². The Morgan fingerprint density at radius 2 is 1.33 bits per heavy atom. The lowest BCUT2D eigenvalue weighted by Gasteiger charge is -2.17. The maximum Gasteiger partial charge on any atom is 0.208 e. The van der Waals surface area contributed by atoms with E-state index < -0.39 is 20.9 Å². The summed E-state index contributed by atoms with van der Waals surface area (Å²) in [5, 5.41) is 0. The molecule has 0 fully saturated rings. The molecular weight excluding hydrogens is 344 g/mol. The molecule has 0 aliphatic carbocycles. The maximum atomic E-state index is 13.1. The number of hydrogen-bond donors (Lipinski definition) is 0. The lowest BCUT2D eigenvalue weighted by atomic mass is 10.1. The van der Waals surface area contributed by atoms with Gasteiger partial charge < -0.3 is 4.55 Å². The van der Waals surface area contributed by atoms with Gasteiger partial charge in [0.15, 0.2) is 0 Å². The van der Waals surface area contributed by atoms with Gasteiger partial charge in [0.05, 0.1) is 9.79 Å². The summed E-state index contributed by atoms with van der Waals surface area (Å²) < 4.78 is 49.4. The molecule has 1 atom stereocenters. The van der Waals surface area contributed by atoms with Crippen LogP contribution >= 0.6 is 0 Å². The molecule has 3 aromatic carbocycles. The summed E-state index contributed by atoms with van der Waals surface area (Å²) in [6, 6.07) is 21.1. The van der Waals surface area contributed by atoms with E-state index in [0.29, 0.717) is 11.1 Å². The van der Waals surface area contributed by atoms with Crippen molar-refractivity contribution in [3.63, 3.8) is 0 Å². The van der Waals surface area contributed by atoms with Gasteiger partial charge in [0, 0.05) is 10.5 Å². The summed E-state index contributed by atoms with van der Waals surface area (Å²) in [4.78, 5) is -0.379. The Bertz CT molecular complexity index is 982. The van der Waals surface area contributed by atoms with E-state index in [1.165, 1.54) is 24.3 Å². The second-order valence-electron chi connectivity index (χ2n) is 5.05. The van der Waals surface area contributed by atoms with Crippen molar-refractivity contribution in [3.05, 3.63) is 78.9 Å². The average Bonchev–Trinajstić information content (AvgIpc) is 2.62. The van der Waals surface area contributed by atoms with Crippen LogP contribution < -0.4 is 0 Å². The number of benzene rings is 3. The first-order valence-electron chi connectivity index (χ1n) is 7.09. The van der Waals surface area contributed by atoms with Crippen LogP contribution in [0.4, 0.5) is 0 Å². The molecule has 0 heterocycles. The Kier molecular flexibility index (Phi) is 4.62. The minimum Gasteiger partial charge on any atom is -0.768 e. The van der Waals surface area contributed by atoms with E-state index in [0.717, 1.165) is 0 Å². The third-order valence-electron chi connectivity index (χ3n) is 3.57. The quantitative estimate of drug-likeness (QED) is 0.671. The monoisotopic (exact) mass is 357 g/mol. The Balaban J connectivity index is 2.36. The Hall–Kier alpha value is -2.28. The van der Waals surface area contributed by atoms with Crippen LogP contribution in [0.1, 0.15) is 0 Å². The number of sulfone groups is 1. The van der Waals surface area contributed by atoms with Crippen molar-refractivity contribution < 1.29 is 17.2 Å². The van der Waals surface area contributed by atoms with Gasteiger partial charge in [-0.25, -0.2) is 8.42 Å². The van der Waals surface area contributed by atoms with E-state index in [1.54, 1.807) is 48.5 Å². The molecule has 3 rings (SSSR count). The van der Waals surface area contributed by atoms with Crippen LogP contribution in [0.15, 0.2) is 93.5 Å². The normalized spacial score (nSPS) is 12.7. The molecule has 0 aliphatic heterocycles. The molecular formula is C18H13O4S2-. The molecule has 0 saturated carbocycles. The second kappa shape index (κ2) is 6.68. The molecule has 0 aliphatic rings. The lowest BCUT2D eigenvalue weighted by molar-refractivity contribution is 0.533. The zero-order chi connectivity index (χ0) is 17.2. The topological polar surface area (TPSA) is 74.3 Å². The van der Waals surface area contributed by atoms with Crippen LogP contribution in [-0.4, -0.2) is 17.2 Å². The van der Waals surface area contributed by atoms with E-state index in [9.17, 15) is 17.2 Å². The molecule has 0 aromatic heterocycles. The zero-order valence-corrected chi connectivity index (χ0v) is 14.1. The summed E-state index contributed by atoms with van der Waals surface area (Å²) in [7, 11) is -3.99. The Labute approximate surface area is 143 Å². The Morgan fingerprint density at radius 3 is 1.92 bits per heavy atom. The first-order valence-corrected chi connectivity index (χ1v) is 9.65. The summed E-state index contributed by atoms with van der Waals surface area (Å²) in [5.41, 5.74) is 1.00. The fraction of sp³-hybridized carbons (Fsp3) is 0. The van der Waals surface area contributed by atoms with E-state index in [2.05, 4.69) is 0 Å². The van der Waals surface area contributed by atoms with Crippen molar-refractivity contribution in [3.8, 4) is 11.1 Å². The zero-order valence-electron chi connectivity index (χ0n) is 12.5. The predicted molar refractivity (Wildman–Crippen MR) is 91.0 cm³/mol. The molecule has 0 spiro atoms. The van der Waals surface area contributed by atoms with Crippen molar-refractivity contribution in [2.45, 2.75) is 14.7 Å². The molecule has 122 valence electrons. The van der Waals surface area contributed by atoms with Gasteiger partial charge in [-0.2, -0.15) is 0 Å². The van der Waals surface area contributed by atoms with E-state index in [4.69, 9.17) is 0 Å². The molecule has 1 unspecified atom stereocenters. The minimum atomic E-state index is -3.99. The molecule has 0 saturated heterocycles. The highest BCUT2D eigenvalue weighted by atomic mass is 32.2. The van der Waals surface area contributed by atoms with Gasteiger partial charge in [-0.05, 0) is 34.8 Å². The van der Waals surface area contributed by atoms with Crippen LogP contribution in [0.2, 0.25) is 0 Å². The van der Waals surface area contributed by atoms with Crippen molar-refractivity contribution in [2.24, 2.45) is 0 Å². The number of hydrogen-bond acceptors (Lipinski definition) is 4. The van der Waals surface area contributed by atoms with Crippen LogP contribution in [-0.2, 0) is 20.9 Å². The average molecular weight is 357 g/mol. The first-order chi connectivity index (χ1) is 11.5. The van der Waals surface area contributed by atoms with Crippen molar-refractivity contribution in [2.75, 3.05) is 0 Å². The van der Waals surface area contributed by atoms with Crippen LogP contribution in [0, 0.1) is 0 Å². The summed E-state index contributed by atoms with van der Waals surface area (Å²) in [6.45, 7) is 0. The standard InChI is InChI=1S/C18H14O4S2/c19-23(20)17-13-7-12-16(14-8-3-1-4-9-14)18(17)24(21,22)15-10-5-2-6-11-15/h1-13H,(H,19,20)/p-1. The molecule has 24 heavy (non-hydrogen) atoms. The van der Waals surface area contributed by atoms with Gasteiger partial charge in [0.2, 0.25) is 9.84 Å². The van der Waals surface area contributed by atoms with Crippen molar-refractivity contribution in [1.82, 2.24) is 0 Å². The molecule has 6 heteroatoms. The van der Waals surface area contributed by atoms with Gasteiger partial charge in [-0.15, -0.1) is 0 Å². The summed E-state index contributed by atoms with van der Waals surface area (Å²) in [5.74, 6) is 0. The van der Waals surface area contributed by atoms with Crippen LogP contribution in [0.25, 0.3) is 11.1 Å². The van der Waals surface area contributed by atoms with Gasteiger partial charge in [-0.3, -0.25) is 4.21 Å². The fourth-order valence-electron chi connectivity index (χ4n) is 2.49. The van der Waals surface area contributed by atoms with E-state index in [1.807, 2.05) is 6.07 Å². The van der Waals surface area contributed by atoms with Crippen molar-refractivity contribution >= 4 is 20.9 Å². The van der Waals surface area contributed by atoms with E-state index >= 15 is 0 Å². The second-order valence-corrected chi connectivity index (χ2v) is 7.85. The van der Waals surface area contributed by atoms with Gasteiger partial charge in [0.1, 0.15) is 0 Å². The molecule has 3 aromatic rings. The van der Waals surface area contributed by atoms with Gasteiger partial charge >= 0.3 is 0 Å². The largest absolute Gasteiger partial charge is 0.768 e. The van der Waals surface area contributed by atoms with Gasteiger partial charge in [0.25, 0.3) is 0 Å². The maximum absolute atomic E-state index is 13.1. The van der Waals surface area contributed by atoms with Gasteiger partial charge in [-0.1, -0.05) is 60.7 Å².